The normalized spacial score (nSPS) is 14.5. The predicted octanol–water partition coefficient (Wildman–Crippen LogP) is 7.97. The highest BCUT2D eigenvalue weighted by Crippen LogP contribution is 2.33. The van der Waals surface area contributed by atoms with E-state index in [1.54, 1.807) is 53.9 Å². The largest absolute Gasteiger partial charge is 0.491 e. The number of thiophene rings is 2. The fourth-order valence-corrected chi connectivity index (χ4v) is 9.76. The number of anilines is 3. The molecule has 0 spiro atoms. The highest BCUT2D eigenvalue weighted by Gasteiger charge is 2.22. The number of amides is 2. The third-order valence-electron chi connectivity index (χ3n) is 11.5. The molecule has 0 bridgehead atoms. The second-order valence-electron chi connectivity index (χ2n) is 15.7. The van der Waals surface area contributed by atoms with Gasteiger partial charge in [-0.25, -0.2) is 0 Å². The van der Waals surface area contributed by atoms with Crippen LogP contribution in [0.3, 0.4) is 0 Å². The average molecular weight is 907 g/mol. The summed E-state index contributed by atoms with van der Waals surface area (Å²) in [5.74, 6) is 0.389. The standard InChI is InChI=1S/C24H28N4O4S.C24H30N4O2S/c1-2-25-24(29)18-7-8-22(21(17-18)28(30)31)32-15-4-10-26-11-13-27(14-12-26)20-5-3-6-23-19(20)9-16-33-23;1-2-26-24(29)18-7-8-22(20(25)17-18)30-15-4-10-27-11-13-28(14-12-27)21-5-3-6-23-19(21)9-16-31-23/h3,5-9,16-17H,2,4,10-15H2,1H3,(H,25,29);3,5-9,16-17H,2,4,10-15,25H2,1H3,(H,26,29). The Morgan fingerprint density at radius 3 is 1.59 bits per heavy atom. The Labute approximate surface area is 382 Å². The van der Waals surface area contributed by atoms with Crippen molar-refractivity contribution in [1.82, 2.24) is 20.4 Å². The monoisotopic (exact) mass is 906 g/mol. The van der Waals surface area contributed by atoms with Gasteiger partial charge in [0.15, 0.2) is 5.75 Å². The molecule has 14 nitrogen and oxygen atoms in total. The van der Waals surface area contributed by atoms with Crippen LogP contribution in [0, 0.1) is 10.1 Å². The molecule has 2 aromatic heterocycles. The van der Waals surface area contributed by atoms with Gasteiger partial charge in [-0.05, 0) is 104 Å². The first-order valence-corrected chi connectivity index (χ1v) is 23.8. The second-order valence-corrected chi connectivity index (χ2v) is 17.6. The number of nitro benzene ring substituents is 1. The van der Waals surface area contributed by atoms with Crippen LogP contribution in [0.25, 0.3) is 20.2 Å². The molecule has 0 unspecified atom stereocenters. The fraction of sp³-hybridized carbons (Fsp3) is 0.375. The summed E-state index contributed by atoms with van der Waals surface area (Å²) in [5.41, 5.74) is 9.85. The van der Waals surface area contributed by atoms with Gasteiger partial charge < -0.3 is 35.6 Å². The molecule has 2 aliphatic heterocycles. The van der Waals surface area contributed by atoms with E-state index in [-0.39, 0.29) is 28.8 Å². The zero-order valence-corrected chi connectivity index (χ0v) is 38.3. The number of ether oxygens (including phenoxy) is 2. The topological polar surface area (TPSA) is 159 Å². The molecule has 2 aliphatic rings. The van der Waals surface area contributed by atoms with Crippen molar-refractivity contribution in [3.05, 3.63) is 117 Å². The number of nitrogen functional groups attached to an aromatic ring is 1. The number of nitrogens with two attached hydrogens (primary N) is 1. The highest BCUT2D eigenvalue weighted by molar-refractivity contribution is 7.17. The molecule has 4 aromatic carbocycles. The van der Waals surface area contributed by atoms with Gasteiger partial charge in [-0.15, -0.1) is 22.7 Å². The van der Waals surface area contributed by atoms with Crippen molar-refractivity contribution in [3.63, 3.8) is 0 Å². The maximum Gasteiger partial charge on any atom is 0.311 e. The van der Waals surface area contributed by atoms with E-state index in [2.05, 4.69) is 89.5 Å². The molecule has 16 heteroatoms. The summed E-state index contributed by atoms with van der Waals surface area (Å²) in [5, 5.41) is 23.9. The maximum atomic E-state index is 11.9. The zero-order chi connectivity index (χ0) is 44.8. The number of fused-ring (bicyclic) bond motifs is 2. The Morgan fingerprint density at radius 2 is 1.12 bits per heavy atom. The molecule has 2 saturated heterocycles. The van der Waals surface area contributed by atoms with Crippen molar-refractivity contribution >= 4 is 77.4 Å². The van der Waals surface area contributed by atoms with Gasteiger partial charge in [-0.2, -0.15) is 0 Å². The lowest BCUT2D eigenvalue weighted by Crippen LogP contribution is -2.46. The number of carbonyl (C=O) groups is 2. The Balaban J connectivity index is 0.000000192. The van der Waals surface area contributed by atoms with Crippen molar-refractivity contribution in [1.29, 1.82) is 0 Å². The number of nitrogens with one attached hydrogen (secondary N) is 2. The molecule has 4 heterocycles. The molecule has 0 atom stereocenters. The van der Waals surface area contributed by atoms with Crippen molar-refractivity contribution < 1.29 is 24.0 Å². The van der Waals surface area contributed by atoms with E-state index in [4.69, 9.17) is 15.2 Å². The smallest absolute Gasteiger partial charge is 0.311 e. The lowest BCUT2D eigenvalue weighted by atomic mass is 10.1. The van der Waals surface area contributed by atoms with Gasteiger partial charge in [0.2, 0.25) is 0 Å². The number of nitro groups is 1. The van der Waals surface area contributed by atoms with E-state index in [1.807, 2.05) is 6.92 Å². The van der Waals surface area contributed by atoms with Crippen LogP contribution < -0.4 is 35.6 Å². The van der Waals surface area contributed by atoms with Crippen molar-refractivity contribution in [2.75, 3.05) is 107 Å². The Bertz CT molecular complexity index is 2500. The van der Waals surface area contributed by atoms with Crippen molar-refractivity contribution in [2.24, 2.45) is 0 Å². The van der Waals surface area contributed by atoms with E-state index in [1.165, 1.54) is 43.7 Å². The lowest BCUT2D eigenvalue weighted by Gasteiger charge is -2.36. The van der Waals surface area contributed by atoms with Gasteiger partial charge in [-0.3, -0.25) is 29.5 Å². The SMILES string of the molecule is CCNC(=O)c1ccc(OCCCN2CCN(c3cccc4sccc34)CC2)c(N)c1.CCNC(=O)c1ccc(OCCCN2CCN(c3cccc4sccc34)CC2)c([N+](=O)[O-])c1. The van der Waals surface area contributed by atoms with Crippen LogP contribution in [-0.4, -0.2) is 118 Å². The summed E-state index contributed by atoms with van der Waals surface area (Å²) in [6.07, 6.45) is 1.72. The van der Waals surface area contributed by atoms with E-state index in [0.717, 1.165) is 78.3 Å². The molecule has 8 rings (SSSR count). The first-order valence-electron chi connectivity index (χ1n) is 22.1. The number of hydrogen-bond acceptors (Lipinski definition) is 13. The van der Waals surface area contributed by atoms with E-state index >= 15 is 0 Å². The highest BCUT2D eigenvalue weighted by atomic mass is 32.1. The Kier molecular flexibility index (Phi) is 16.3. The summed E-state index contributed by atoms with van der Waals surface area (Å²) >= 11 is 3.57. The van der Waals surface area contributed by atoms with E-state index < -0.39 is 4.92 Å². The number of piperazine rings is 2. The molecule has 338 valence electrons. The van der Waals surface area contributed by atoms with Crippen LogP contribution in [0.5, 0.6) is 11.5 Å². The number of rotatable bonds is 17. The Hall–Kier alpha value is -5.94. The molecule has 6 aromatic rings. The first-order chi connectivity index (χ1) is 31.2. The number of benzene rings is 4. The lowest BCUT2D eigenvalue weighted by molar-refractivity contribution is -0.385. The Morgan fingerprint density at radius 1 is 0.656 bits per heavy atom. The summed E-state index contributed by atoms with van der Waals surface area (Å²) in [6, 6.07) is 27.0. The number of nitrogens with zero attached hydrogens (tertiary/aromatic N) is 5. The third kappa shape index (κ3) is 11.8. The van der Waals surface area contributed by atoms with E-state index in [9.17, 15) is 19.7 Å². The van der Waals surface area contributed by atoms with Gasteiger partial charge in [0, 0.05) is 127 Å². The van der Waals surface area contributed by atoms with Crippen LogP contribution in [0.2, 0.25) is 0 Å². The fourth-order valence-electron chi connectivity index (χ4n) is 8.14. The minimum atomic E-state index is -0.509. The predicted molar refractivity (Wildman–Crippen MR) is 261 cm³/mol. The van der Waals surface area contributed by atoms with Crippen molar-refractivity contribution in [3.8, 4) is 11.5 Å². The molecule has 2 amide bonds. The van der Waals surface area contributed by atoms with Gasteiger partial charge in [0.25, 0.3) is 11.8 Å². The molecule has 2 fully saturated rings. The summed E-state index contributed by atoms with van der Waals surface area (Å²) < 4.78 is 14.2. The summed E-state index contributed by atoms with van der Waals surface area (Å²) in [4.78, 5) is 44.6. The van der Waals surface area contributed by atoms with Crippen LogP contribution in [-0.2, 0) is 0 Å². The number of carbonyl (C=O) groups excluding carboxylic acids is 2. The second kappa shape index (κ2) is 22.6. The van der Waals surface area contributed by atoms with Crippen LogP contribution >= 0.6 is 22.7 Å². The van der Waals surface area contributed by atoms with Crippen LogP contribution in [0.4, 0.5) is 22.7 Å². The van der Waals surface area contributed by atoms with Gasteiger partial charge >= 0.3 is 5.69 Å². The summed E-state index contributed by atoms with van der Waals surface area (Å²) in [6.45, 7) is 15.7. The van der Waals surface area contributed by atoms with E-state index in [0.29, 0.717) is 43.3 Å². The average Bonchev–Trinajstić information content (AvgIpc) is 4.01. The minimum Gasteiger partial charge on any atom is -0.491 e. The molecule has 64 heavy (non-hydrogen) atoms. The molecule has 0 saturated carbocycles. The van der Waals surface area contributed by atoms with Gasteiger partial charge in [0.05, 0.1) is 23.8 Å². The molecule has 0 radical (unpaired) electrons. The molecular formula is C48H58N8O6S2. The molecule has 0 aliphatic carbocycles. The third-order valence-corrected chi connectivity index (χ3v) is 13.3. The maximum absolute atomic E-state index is 11.9. The first kappa shape index (κ1) is 46.1. The quantitative estimate of drug-likeness (QED) is 0.0353. The van der Waals surface area contributed by atoms with Crippen molar-refractivity contribution in [2.45, 2.75) is 26.7 Å². The minimum absolute atomic E-state index is 0.116. The molecular weight excluding hydrogens is 849 g/mol. The van der Waals surface area contributed by atoms with Crippen LogP contribution in [0.15, 0.2) is 95.7 Å². The number of hydrogen-bond donors (Lipinski definition) is 3. The zero-order valence-electron chi connectivity index (χ0n) is 36.6. The summed E-state index contributed by atoms with van der Waals surface area (Å²) in [7, 11) is 0. The van der Waals surface area contributed by atoms with Gasteiger partial charge in [0.1, 0.15) is 5.75 Å². The van der Waals surface area contributed by atoms with Gasteiger partial charge in [-0.1, -0.05) is 12.1 Å². The molecule has 4 N–H and O–H groups in total. The van der Waals surface area contributed by atoms with Crippen LogP contribution in [0.1, 0.15) is 47.4 Å².